The van der Waals surface area contributed by atoms with E-state index < -0.39 is 0 Å². The first-order valence-electron chi connectivity index (χ1n) is 6.21. The molecular weight excluding hydrogens is 206 g/mol. The van der Waals surface area contributed by atoms with Gasteiger partial charge < -0.3 is 15.2 Å². The van der Waals surface area contributed by atoms with Crippen LogP contribution in [0.1, 0.15) is 39.0 Å². The van der Waals surface area contributed by atoms with E-state index in [0.29, 0.717) is 18.9 Å². The lowest BCUT2D eigenvalue weighted by atomic mass is 10.1. The van der Waals surface area contributed by atoms with Gasteiger partial charge in [0.1, 0.15) is 0 Å². The van der Waals surface area contributed by atoms with Crippen LogP contribution in [-0.4, -0.2) is 36.9 Å². The van der Waals surface area contributed by atoms with E-state index in [-0.39, 0.29) is 18.6 Å². The van der Waals surface area contributed by atoms with Gasteiger partial charge in [-0.15, -0.1) is 0 Å². The molecular formula is C12H23NO3. The average molecular weight is 229 g/mol. The van der Waals surface area contributed by atoms with E-state index in [0.717, 1.165) is 32.3 Å². The molecule has 1 aliphatic rings. The standard InChI is InChI=1S/C12H23NO3/c1-10(9-14)4-2-6-13-12(15)8-11-5-3-7-16-11/h10-11,14H,2-9H2,1H3,(H,13,15). The molecule has 1 saturated heterocycles. The van der Waals surface area contributed by atoms with Crippen molar-refractivity contribution in [1.29, 1.82) is 0 Å². The predicted molar refractivity (Wildman–Crippen MR) is 62.1 cm³/mol. The molecule has 1 fully saturated rings. The lowest BCUT2D eigenvalue weighted by Gasteiger charge is -2.11. The first-order chi connectivity index (χ1) is 7.72. The number of hydrogen-bond donors (Lipinski definition) is 2. The molecule has 2 N–H and O–H groups in total. The molecule has 16 heavy (non-hydrogen) atoms. The monoisotopic (exact) mass is 229 g/mol. The van der Waals surface area contributed by atoms with Crippen LogP contribution in [0.2, 0.25) is 0 Å². The number of hydrogen-bond acceptors (Lipinski definition) is 3. The Morgan fingerprint density at radius 1 is 1.62 bits per heavy atom. The fraction of sp³-hybridized carbons (Fsp3) is 0.917. The van der Waals surface area contributed by atoms with Crippen LogP contribution in [0.4, 0.5) is 0 Å². The zero-order chi connectivity index (χ0) is 11.8. The number of aliphatic hydroxyl groups is 1. The highest BCUT2D eigenvalue weighted by Crippen LogP contribution is 2.14. The number of carbonyl (C=O) groups is 1. The molecule has 0 aromatic heterocycles. The van der Waals surface area contributed by atoms with Gasteiger partial charge in [-0.2, -0.15) is 0 Å². The molecule has 0 aromatic rings. The van der Waals surface area contributed by atoms with E-state index in [2.05, 4.69) is 5.32 Å². The number of carbonyl (C=O) groups excluding carboxylic acids is 1. The van der Waals surface area contributed by atoms with Gasteiger partial charge in [0.25, 0.3) is 0 Å². The molecule has 2 atom stereocenters. The van der Waals surface area contributed by atoms with Crippen LogP contribution in [0.15, 0.2) is 0 Å². The summed E-state index contributed by atoms with van der Waals surface area (Å²) in [7, 11) is 0. The molecule has 0 radical (unpaired) electrons. The van der Waals surface area contributed by atoms with Crippen molar-refractivity contribution in [1.82, 2.24) is 5.32 Å². The van der Waals surface area contributed by atoms with Gasteiger partial charge in [-0.25, -0.2) is 0 Å². The van der Waals surface area contributed by atoms with Crippen molar-refractivity contribution in [3.05, 3.63) is 0 Å². The van der Waals surface area contributed by atoms with E-state index in [4.69, 9.17) is 9.84 Å². The summed E-state index contributed by atoms with van der Waals surface area (Å²) in [6, 6.07) is 0. The quantitative estimate of drug-likeness (QED) is 0.642. The third kappa shape index (κ3) is 5.47. The molecule has 0 bridgehead atoms. The Balaban J connectivity index is 1.97. The third-order valence-electron chi connectivity index (χ3n) is 2.94. The van der Waals surface area contributed by atoms with E-state index >= 15 is 0 Å². The van der Waals surface area contributed by atoms with Gasteiger partial charge >= 0.3 is 0 Å². The van der Waals surface area contributed by atoms with Crippen molar-refractivity contribution in [2.45, 2.75) is 45.1 Å². The number of ether oxygens (including phenoxy) is 1. The first-order valence-corrected chi connectivity index (χ1v) is 6.21. The normalized spacial score (nSPS) is 22.0. The fourth-order valence-electron chi connectivity index (χ4n) is 1.85. The highest BCUT2D eigenvalue weighted by Gasteiger charge is 2.18. The van der Waals surface area contributed by atoms with E-state index in [1.54, 1.807) is 0 Å². The second-order valence-electron chi connectivity index (χ2n) is 4.62. The second kappa shape index (κ2) is 7.63. The van der Waals surface area contributed by atoms with Crippen molar-refractivity contribution in [2.75, 3.05) is 19.8 Å². The van der Waals surface area contributed by atoms with Gasteiger partial charge in [-0.05, 0) is 31.6 Å². The van der Waals surface area contributed by atoms with Crippen molar-refractivity contribution >= 4 is 5.91 Å². The van der Waals surface area contributed by atoms with Gasteiger partial charge in [0.15, 0.2) is 0 Å². The van der Waals surface area contributed by atoms with Crippen molar-refractivity contribution < 1.29 is 14.6 Å². The van der Waals surface area contributed by atoms with Crippen molar-refractivity contribution in [3.8, 4) is 0 Å². The maximum Gasteiger partial charge on any atom is 0.222 e. The third-order valence-corrected chi connectivity index (χ3v) is 2.94. The Labute approximate surface area is 97.4 Å². The van der Waals surface area contributed by atoms with Crippen LogP contribution in [0.3, 0.4) is 0 Å². The van der Waals surface area contributed by atoms with Crippen molar-refractivity contribution in [3.63, 3.8) is 0 Å². The Morgan fingerprint density at radius 2 is 2.44 bits per heavy atom. The lowest BCUT2D eigenvalue weighted by molar-refractivity contribution is -0.123. The zero-order valence-electron chi connectivity index (χ0n) is 10.1. The van der Waals surface area contributed by atoms with Gasteiger partial charge in [0, 0.05) is 19.8 Å². The Hall–Kier alpha value is -0.610. The second-order valence-corrected chi connectivity index (χ2v) is 4.62. The van der Waals surface area contributed by atoms with Crippen LogP contribution >= 0.6 is 0 Å². The summed E-state index contributed by atoms with van der Waals surface area (Å²) in [5.74, 6) is 0.415. The lowest BCUT2D eigenvalue weighted by Crippen LogP contribution is -2.28. The summed E-state index contributed by atoms with van der Waals surface area (Å²) in [5, 5.41) is 11.7. The minimum Gasteiger partial charge on any atom is -0.396 e. The molecule has 1 aliphatic heterocycles. The van der Waals surface area contributed by atoms with Gasteiger partial charge in [0.2, 0.25) is 5.91 Å². The summed E-state index contributed by atoms with van der Waals surface area (Å²) >= 11 is 0. The molecule has 0 aliphatic carbocycles. The summed E-state index contributed by atoms with van der Waals surface area (Å²) < 4.78 is 5.39. The zero-order valence-corrected chi connectivity index (χ0v) is 10.1. The minimum atomic E-state index is 0.0866. The van der Waals surface area contributed by atoms with Gasteiger partial charge in [-0.3, -0.25) is 4.79 Å². The minimum absolute atomic E-state index is 0.0866. The highest BCUT2D eigenvalue weighted by molar-refractivity contribution is 5.76. The fourth-order valence-corrected chi connectivity index (χ4v) is 1.85. The number of amides is 1. The molecule has 4 nitrogen and oxygen atoms in total. The van der Waals surface area contributed by atoms with Gasteiger partial charge in [-0.1, -0.05) is 6.92 Å². The van der Waals surface area contributed by atoms with Crippen molar-refractivity contribution in [2.24, 2.45) is 5.92 Å². The average Bonchev–Trinajstić information content (AvgIpc) is 2.76. The maximum atomic E-state index is 11.5. The van der Waals surface area contributed by atoms with Crippen LogP contribution in [0, 0.1) is 5.92 Å². The molecule has 2 unspecified atom stereocenters. The molecule has 1 rings (SSSR count). The first kappa shape index (κ1) is 13.5. The van der Waals surface area contributed by atoms with E-state index in [1.165, 1.54) is 0 Å². The summed E-state index contributed by atoms with van der Waals surface area (Å²) in [4.78, 5) is 11.5. The van der Waals surface area contributed by atoms with E-state index in [9.17, 15) is 4.79 Å². The largest absolute Gasteiger partial charge is 0.396 e. The molecule has 0 saturated carbocycles. The number of rotatable bonds is 7. The van der Waals surface area contributed by atoms with Crippen LogP contribution < -0.4 is 5.32 Å². The topological polar surface area (TPSA) is 58.6 Å². The maximum absolute atomic E-state index is 11.5. The van der Waals surface area contributed by atoms with E-state index in [1.807, 2.05) is 6.92 Å². The predicted octanol–water partition coefficient (Wildman–Crippen LogP) is 1.08. The molecule has 0 spiro atoms. The molecule has 1 amide bonds. The Morgan fingerprint density at radius 3 is 3.06 bits per heavy atom. The number of aliphatic hydroxyl groups excluding tert-OH is 1. The highest BCUT2D eigenvalue weighted by atomic mass is 16.5. The summed E-state index contributed by atoms with van der Waals surface area (Å²) in [5.41, 5.74) is 0. The Kier molecular flexibility index (Phi) is 6.42. The van der Waals surface area contributed by atoms with Crippen LogP contribution in [-0.2, 0) is 9.53 Å². The SMILES string of the molecule is CC(CO)CCCNC(=O)CC1CCCO1. The summed E-state index contributed by atoms with van der Waals surface area (Å²) in [6.45, 7) is 3.74. The van der Waals surface area contributed by atoms with Crippen LogP contribution in [0.25, 0.3) is 0 Å². The molecule has 1 heterocycles. The molecule has 4 heteroatoms. The van der Waals surface area contributed by atoms with Gasteiger partial charge in [0.05, 0.1) is 12.5 Å². The summed E-state index contributed by atoms with van der Waals surface area (Å²) in [6.07, 6.45) is 4.60. The van der Waals surface area contributed by atoms with Crippen LogP contribution in [0.5, 0.6) is 0 Å². The number of nitrogens with one attached hydrogen (secondary N) is 1. The molecule has 0 aromatic carbocycles. The smallest absolute Gasteiger partial charge is 0.222 e. The molecule has 94 valence electrons. The Bertz CT molecular complexity index is 202.